The normalized spacial score (nSPS) is 40.5. The predicted octanol–water partition coefficient (Wildman–Crippen LogP) is 0.552. The largest absolute Gasteiger partial charge is 0.372 e. The van der Waals surface area contributed by atoms with Gasteiger partial charge in [0, 0.05) is 25.7 Å². The fraction of sp³-hybridized carbons (Fsp3) is 0.938. The molecular formula is C16H29N3O2. The molecule has 0 bridgehead atoms. The molecule has 0 radical (unpaired) electrons. The zero-order valence-corrected chi connectivity index (χ0v) is 13.5. The van der Waals surface area contributed by atoms with Crippen molar-refractivity contribution in [1.82, 2.24) is 15.1 Å². The fourth-order valence-electron chi connectivity index (χ4n) is 4.51. The zero-order valence-electron chi connectivity index (χ0n) is 13.5. The van der Waals surface area contributed by atoms with Gasteiger partial charge in [-0.1, -0.05) is 6.92 Å². The van der Waals surface area contributed by atoms with Crippen LogP contribution in [-0.4, -0.2) is 73.2 Å². The van der Waals surface area contributed by atoms with E-state index in [-0.39, 0.29) is 18.1 Å². The number of likely N-dealkylation sites (tertiary alicyclic amines) is 1. The first-order chi connectivity index (χ1) is 10.1. The fourth-order valence-corrected chi connectivity index (χ4v) is 4.51. The minimum atomic E-state index is 0.154. The second-order valence-corrected chi connectivity index (χ2v) is 7.04. The number of rotatable bonds is 3. The number of carbonyl (C=O) groups is 1. The van der Waals surface area contributed by atoms with Crippen molar-refractivity contribution in [2.45, 2.75) is 45.4 Å². The van der Waals surface area contributed by atoms with Crippen molar-refractivity contribution in [3.63, 3.8) is 0 Å². The van der Waals surface area contributed by atoms with E-state index >= 15 is 0 Å². The summed E-state index contributed by atoms with van der Waals surface area (Å²) >= 11 is 0. The summed E-state index contributed by atoms with van der Waals surface area (Å²) in [6.45, 7) is 11.7. The Morgan fingerprint density at radius 1 is 1.19 bits per heavy atom. The molecule has 120 valence electrons. The zero-order chi connectivity index (χ0) is 15.0. The molecule has 0 aromatic carbocycles. The average Bonchev–Trinajstić information content (AvgIpc) is 2.97. The van der Waals surface area contributed by atoms with Gasteiger partial charge in [0.05, 0.1) is 18.8 Å². The Morgan fingerprint density at radius 3 is 2.57 bits per heavy atom. The number of nitrogens with one attached hydrogen (secondary N) is 1. The van der Waals surface area contributed by atoms with E-state index in [0.29, 0.717) is 12.6 Å². The van der Waals surface area contributed by atoms with Crippen LogP contribution in [0.2, 0.25) is 0 Å². The molecule has 3 rings (SSSR count). The van der Waals surface area contributed by atoms with Crippen molar-refractivity contribution in [1.29, 1.82) is 0 Å². The van der Waals surface area contributed by atoms with E-state index in [2.05, 4.69) is 31.0 Å². The Morgan fingerprint density at radius 2 is 1.90 bits per heavy atom. The van der Waals surface area contributed by atoms with Crippen LogP contribution < -0.4 is 5.32 Å². The Hall–Kier alpha value is -0.650. The van der Waals surface area contributed by atoms with Crippen LogP contribution >= 0.6 is 0 Å². The summed E-state index contributed by atoms with van der Waals surface area (Å²) in [5.74, 6) is 1.76. The highest BCUT2D eigenvalue weighted by atomic mass is 16.5. The van der Waals surface area contributed by atoms with Crippen LogP contribution in [0, 0.1) is 11.8 Å². The monoisotopic (exact) mass is 295 g/mol. The van der Waals surface area contributed by atoms with Gasteiger partial charge in [-0.15, -0.1) is 0 Å². The molecule has 0 aliphatic carbocycles. The standard InChI is InChI=1S/C16H29N3O2/c1-4-15-14-6-17-5-13(14)9-18(15)10-16(20)19-7-11(2)21-12(3)8-19/h11-15,17H,4-10H2,1-3H3. The van der Waals surface area contributed by atoms with Crippen LogP contribution in [0.4, 0.5) is 0 Å². The van der Waals surface area contributed by atoms with Crippen LogP contribution in [-0.2, 0) is 9.53 Å². The molecule has 1 amide bonds. The molecular weight excluding hydrogens is 266 g/mol. The molecule has 3 fully saturated rings. The Labute approximate surface area is 128 Å². The van der Waals surface area contributed by atoms with E-state index in [4.69, 9.17) is 4.74 Å². The second-order valence-electron chi connectivity index (χ2n) is 7.04. The number of nitrogens with zero attached hydrogens (tertiary/aromatic N) is 2. The Balaban J connectivity index is 1.59. The molecule has 3 aliphatic rings. The Bertz CT molecular complexity index is 380. The molecule has 5 nitrogen and oxygen atoms in total. The van der Waals surface area contributed by atoms with Gasteiger partial charge in [-0.05, 0) is 45.2 Å². The van der Waals surface area contributed by atoms with Crippen molar-refractivity contribution in [2.24, 2.45) is 11.8 Å². The first-order valence-corrected chi connectivity index (χ1v) is 8.46. The van der Waals surface area contributed by atoms with Crippen molar-refractivity contribution in [2.75, 3.05) is 39.3 Å². The molecule has 1 N–H and O–H groups in total. The quantitative estimate of drug-likeness (QED) is 0.826. The van der Waals surface area contributed by atoms with Crippen molar-refractivity contribution in [3.05, 3.63) is 0 Å². The second kappa shape index (κ2) is 6.23. The van der Waals surface area contributed by atoms with Gasteiger partial charge >= 0.3 is 0 Å². The van der Waals surface area contributed by atoms with Gasteiger partial charge in [0.1, 0.15) is 0 Å². The molecule has 3 heterocycles. The van der Waals surface area contributed by atoms with Crippen molar-refractivity contribution >= 4 is 5.91 Å². The van der Waals surface area contributed by atoms with Crippen LogP contribution in [0.25, 0.3) is 0 Å². The Kier molecular flexibility index (Phi) is 4.52. The van der Waals surface area contributed by atoms with Gasteiger partial charge in [0.15, 0.2) is 0 Å². The van der Waals surface area contributed by atoms with Crippen molar-refractivity contribution < 1.29 is 9.53 Å². The van der Waals surface area contributed by atoms with E-state index in [1.165, 1.54) is 0 Å². The number of hydrogen-bond acceptors (Lipinski definition) is 4. The highest BCUT2D eigenvalue weighted by Gasteiger charge is 2.44. The maximum absolute atomic E-state index is 12.6. The van der Waals surface area contributed by atoms with E-state index in [9.17, 15) is 4.79 Å². The number of carbonyl (C=O) groups excluding carboxylic acids is 1. The molecule has 3 saturated heterocycles. The molecule has 0 aromatic heterocycles. The number of fused-ring (bicyclic) bond motifs is 1. The lowest BCUT2D eigenvalue weighted by molar-refractivity contribution is -0.144. The molecule has 3 aliphatic heterocycles. The molecule has 5 unspecified atom stereocenters. The van der Waals surface area contributed by atoms with Gasteiger partial charge in [0.2, 0.25) is 5.91 Å². The summed E-state index contributed by atoms with van der Waals surface area (Å²) in [6.07, 6.45) is 1.45. The predicted molar refractivity (Wildman–Crippen MR) is 82.1 cm³/mol. The number of morpholine rings is 1. The molecule has 0 spiro atoms. The van der Waals surface area contributed by atoms with Gasteiger partial charge in [0.25, 0.3) is 0 Å². The summed E-state index contributed by atoms with van der Waals surface area (Å²) < 4.78 is 5.72. The third-order valence-electron chi connectivity index (χ3n) is 5.35. The summed E-state index contributed by atoms with van der Waals surface area (Å²) in [5.41, 5.74) is 0. The third kappa shape index (κ3) is 3.10. The molecule has 0 aromatic rings. The molecule has 0 saturated carbocycles. The first-order valence-electron chi connectivity index (χ1n) is 8.46. The highest BCUT2D eigenvalue weighted by Crippen LogP contribution is 2.34. The number of ether oxygens (including phenoxy) is 1. The molecule has 5 atom stereocenters. The van der Waals surface area contributed by atoms with E-state index in [1.807, 2.05) is 4.90 Å². The van der Waals surface area contributed by atoms with Crippen molar-refractivity contribution in [3.8, 4) is 0 Å². The lowest BCUT2D eigenvalue weighted by Crippen LogP contribution is -2.52. The summed E-state index contributed by atoms with van der Waals surface area (Å²) in [5, 5.41) is 3.50. The average molecular weight is 295 g/mol. The smallest absolute Gasteiger partial charge is 0.236 e. The van der Waals surface area contributed by atoms with E-state index in [0.717, 1.165) is 51.0 Å². The number of amides is 1. The maximum Gasteiger partial charge on any atom is 0.236 e. The van der Waals surface area contributed by atoms with E-state index in [1.54, 1.807) is 0 Å². The van der Waals surface area contributed by atoms with E-state index < -0.39 is 0 Å². The van der Waals surface area contributed by atoms with Gasteiger partial charge in [-0.2, -0.15) is 0 Å². The van der Waals surface area contributed by atoms with Crippen LogP contribution in [0.3, 0.4) is 0 Å². The highest BCUT2D eigenvalue weighted by molar-refractivity contribution is 5.78. The summed E-state index contributed by atoms with van der Waals surface area (Å²) in [6, 6.07) is 0.574. The topological polar surface area (TPSA) is 44.8 Å². The maximum atomic E-state index is 12.6. The molecule has 21 heavy (non-hydrogen) atoms. The van der Waals surface area contributed by atoms with Gasteiger partial charge in [-0.25, -0.2) is 0 Å². The summed E-state index contributed by atoms with van der Waals surface area (Å²) in [7, 11) is 0. The van der Waals surface area contributed by atoms with Gasteiger partial charge < -0.3 is 15.0 Å². The summed E-state index contributed by atoms with van der Waals surface area (Å²) in [4.78, 5) is 17.1. The number of hydrogen-bond donors (Lipinski definition) is 1. The van der Waals surface area contributed by atoms with Crippen LogP contribution in [0.5, 0.6) is 0 Å². The van der Waals surface area contributed by atoms with Gasteiger partial charge in [-0.3, -0.25) is 9.69 Å². The minimum Gasteiger partial charge on any atom is -0.372 e. The SMILES string of the molecule is CCC1C2CNCC2CN1CC(=O)N1CC(C)OC(C)C1. The lowest BCUT2D eigenvalue weighted by Gasteiger charge is -2.37. The first kappa shape index (κ1) is 15.3. The third-order valence-corrected chi connectivity index (χ3v) is 5.35. The van der Waals surface area contributed by atoms with Crippen LogP contribution in [0.15, 0.2) is 0 Å². The lowest BCUT2D eigenvalue weighted by atomic mass is 9.93. The molecule has 5 heteroatoms. The minimum absolute atomic E-state index is 0.154. The van der Waals surface area contributed by atoms with Crippen LogP contribution in [0.1, 0.15) is 27.2 Å².